The average Bonchev–Trinajstić information content (AvgIpc) is 3.12. The fourth-order valence-electron chi connectivity index (χ4n) is 3.19. The molecule has 1 N–H and O–H groups in total. The number of carbonyl (C=O) groups is 2. The summed E-state index contributed by atoms with van der Waals surface area (Å²) in [7, 11) is 3.92. The van der Waals surface area contributed by atoms with Gasteiger partial charge in [-0.05, 0) is 29.3 Å². The van der Waals surface area contributed by atoms with Gasteiger partial charge in [0.2, 0.25) is 5.91 Å². The number of halogens is 1. The van der Waals surface area contributed by atoms with Crippen molar-refractivity contribution in [2.24, 2.45) is 5.10 Å². The largest absolute Gasteiger partial charge is 0.481 e. The molecule has 1 unspecified atom stereocenters. The lowest BCUT2D eigenvalue weighted by atomic mass is 9.98. The topological polar surface area (TPSA) is 73.2 Å². The van der Waals surface area contributed by atoms with Gasteiger partial charge in [-0.25, -0.2) is 5.01 Å². The number of amides is 1. The van der Waals surface area contributed by atoms with E-state index in [4.69, 9.17) is 16.7 Å². The summed E-state index contributed by atoms with van der Waals surface area (Å²) < 4.78 is 0. The van der Waals surface area contributed by atoms with Crippen LogP contribution < -0.4 is 4.90 Å². The van der Waals surface area contributed by atoms with Crippen molar-refractivity contribution < 1.29 is 14.7 Å². The summed E-state index contributed by atoms with van der Waals surface area (Å²) in [5.41, 5.74) is 3.54. The molecule has 1 amide bonds. The zero-order chi connectivity index (χ0) is 20.3. The number of anilines is 1. The second-order valence-electron chi connectivity index (χ2n) is 6.86. The standard InChI is InChI=1S/C21H22ClN3O3/c1-24(2)15-7-5-6-14(12-15)18-13-19(16-8-3-4-9-17(16)22)25(23-18)20(26)10-11-21(27)28/h3-9,12,19H,10-11,13H2,1-2H3,(H,27,28). The molecule has 0 saturated carbocycles. The van der Waals surface area contributed by atoms with E-state index in [1.54, 1.807) is 6.07 Å². The maximum atomic E-state index is 12.7. The van der Waals surface area contributed by atoms with Gasteiger partial charge in [0.05, 0.1) is 18.2 Å². The monoisotopic (exact) mass is 399 g/mol. The van der Waals surface area contributed by atoms with E-state index >= 15 is 0 Å². The van der Waals surface area contributed by atoms with Gasteiger partial charge in [0.1, 0.15) is 0 Å². The zero-order valence-corrected chi connectivity index (χ0v) is 16.6. The van der Waals surface area contributed by atoms with Gasteiger partial charge in [-0.15, -0.1) is 0 Å². The highest BCUT2D eigenvalue weighted by molar-refractivity contribution is 6.31. The number of carboxylic acid groups (broad SMARTS) is 1. The van der Waals surface area contributed by atoms with Crippen LogP contribution in [-0.2, 0) is 9.59 Å². The van der Waals surface area contributed by atoms with Crippen LogP contribution >= 0.6 is 11.6 Å². The Balaban J connectivity index is 1.95. The molecule has 2 aromatic rings. The van der Waals surface area contributed by atoms with Gasteiger partial charge >= 0.3 is 5.97 Å². The number of hydrogen-bond acceptors (Lipinski definition) is 4. The van der Waals surface area contributed by atoms with Crippen molar-refractivity contribution in [2.45, 2.75) is 25.3 Å². The third-order valence-corrected chi connectivity index (χ3v) is 5.02. The Morgan fingerprint density at radius 1 is 1.18 bits per heavy atom. The lowest BCUT2D eigenvalue weighted by Crippen LogP contribution is -2.27. The molecule has 0 spiro atoms. The highest BCUT2D eigenvalue weighted by atomic mass is 35.5. The fraction of sp³-hybridized carbons (Fsp3) is 0.286. The fourth-order valence-corrected chi connectivity index (χ4v) is 3.46. The Morgan fingerprint density at radius 3 is 2.61 bits per heavy atom. The van der Waals surface area contributed by atoms with Gasteiger partial charge in [-0.3, -0.25) is 9.59 Å². The van der Waals surface area contributed by atoms with Crippen molar-refractivity contribution in [1.82, 2.24) is 5.01 Å². The normalized spacial score (nSPS) is 16.0. The van der Waals surface area contributed by atoms with Gasteiger partial charge < -0.3 is 10.0 Å². The first-order valence-electron chi connectivity index (χ1n) is 9.00. The minimum Gasteiger partial charge on any atom is -0.481 e. The van der Waals surface area contributed by atoms with E-state index in [1.165, 1.54) is 5.01 Å². The molecule has 1 heterocycles. The third kappa shape index (κ3) is 4.34. The highest BCUT2D eigenvalue weighted by Crippen LogP contribution is 2.37. The van der Waals surface area contributed by atoms with Crippen LogP contribution in [0, 0.1) is 0 Å². The maximum absolute atomic E-state index is 12.7. The van der Waals surface area contributed by atoms with E-state index in [1.807, 2.05) is 61.5 Å². The lowest BCUT2D eigenvalue weighted by molar-refractivity contribution is -0.141. The van der Waals surface area contributed by atoms with Crippen molar-refractivity contribution in [1.29, 1.82) is 0 Å². The van der Waals surface area contributed by atoms with Crippen LogP contribution in [0.2, 0.25) is 5.02 Å². The van der Waals surface area contributed by atoms with Crippen LogP contribution in [0.1, 0.15) is 36.4 Å². The first-order chi connectivity index (χ1) is 13.4. The number of carboxylic acids is 1. The number of hydrogen-bond donors (Lipinski definition) is 1. The smallest absolute Gasteiger partial charge is 0.303 e. The summed E-state index contributed by atoms with van der Waals surface area (Å²) >= 11 is 6.37. The van der Waals surface area contributed by atoms with Crippen LogP contribution in [-0.4, -0.2) is 41.8 Å². The third-order valence-electron chi connectivity index (χ3n) is 4.68. The number of hydrazone groups is 1. The van der Waals surface area contributed by atoms with Gasteiger partial charge in [0.25, 0.3) is 0 Å². The summed E-state index contributed by atoms with van der Waals surface area (Å²) in [6.07, 6.45) is 0.176. The lowest BCUT2D eigenvalue weighted by Gasteiger charge is -2.22. The number of carbonyl (C=O) groups excluding carboxylic acids is 1. The number of aliphatic carboxylic acids is 1. The SMILES string of the molecule is CN(C)c1cccc(C2=NN(C(=O)CCC(=O)O)C(c3ccccc3Cl)C2)c1. The molecule has 1 aliphatic heterocycles. The Hall–Kier alpha value is -2.86. The van der Waals surface area contributed by atoms with Crippen molar-refractivity contribution >= 4 is 34.9 Å². The Bertz CT molecular complexity index is 927. The molecule has 1 atom stereocenters. The second kappa shape index (κ2) is 8.44. The quantitative estimate of drug-likeness (QED) is 0.798. The predicted molar refractivity (Wildman–Crippen MR) is 110 cm³/mol. The van der Waals surface area contributed by atoms with Crippen LogP contribution in [0.4, 0.5) is 5.69 Å². The predicted octanol–water partition coefficient (Wildman–Crippen LogP) is 3.95. The molecule has 0 radical (unpaired) electrons. The summed E-state index contributed by atoms with van der Waals surface area (Å²) in [5, 5.41) is 15.4. The Labute approximate surface area is 169 Å². The van der Waals surface area contributed by atoms with E-state index in [0.29, 0.717) is 11.4 Å². The molecule has 28 heavy (non-hydrogen) atoms. The first-order valence-corrected chi connectivity index (χ1v) is 9.38. The molecule has 0 bridgehead atoms. The first kappa shape index (κ1) is 19.9. The minimum atomic E-state index is -1.01. The molecular weight excluding hydrogens is 378 g/mol. The molecule has 7 heteroatoms. The average molecular weight is 400 g/mol. The zero-order valence-electron chi connectivity index (χ0n) is 15.8. The highest BCUT2D eigenvalue weighted by Gasteiger charge is 2.34. The van der Waals surface area contributed by atoms with E-state index < -0.39 is 5.97 Å². The minimum absolute atomic E-state index is 0.106. The Morgan fingerprint density at radius 2 is 1.93 bits per heavy atom. The van der Waals surface area contributed by atoms with Gasteiger partial charge in [-0.2, -0.15) is 5.10 Å². The van der Waals surface area contributed by atoms with E-state index in [0.717, 1.165) is 22.5 Å². The number of rotatable bonds is 6. The van der Waals surface area contributed by atoms with E-state index in [9.17, 15) is 9.59 Å². The summed E-state index contributed by atoms with van der Waals surface area (Å²) in [6.45, 7) is 0. The molecule has 0 fully saturated rings. The van der Waals surface area contributed by atoms with Crippen LogP contribution in [0.3, 0.4) is 0 Å². The summed E-state index contributed by atoms with van der Waals surface area (Å²) in [5.74, 6) is -1.34. The number of benzene rings is 2. The van der Waals surface area contributed by atoms with E-state index in [2.05, 4.69) is 5.10 Å². The molecule has 0 saturated heterocycles. The van der Waals surface area contributed by atoms with Crippen LogP contribution in [0.15, 0.2) is 53.6 Å². The Kier molecular flexibility index (Phi) is 5.99. The van der Waals surface area contributed by atoms with Crippen molar-refractivity contribution in [2.75, 3.05) is 19.0 Å². The van der Waals surface area contributed by atoms with Crippen LogP contribution in [0.5, 0.6) is 0 Å². The van der Waals surface area contributed by atoms with Gasteiger partial charge in [-0.1, -0.05) is 41.9 Å². The molecule has 0 aliphatic carbocycles. The molecular formula is C21H22ClN3O3. The number of nitrogens with zero attached hydrogens (tertiary/aromatic N) is 3. The van der Waals surface area contributed by atoms with Gasteiger partial charge in [0, 0.05) is 37.6 Å². The van der Waals surface area contributed by atoms with Crippen LogP contribution in [0.25, 0.3) is 0 Å². The molecule has 6 nitrogen and oxygen atoms in total. The molecule has 2 aromatic carbocycles. The summed E-state index contributed by atoms with van der Waals surface area (Å²) in [6, 6.07) is 14.9. The van der Waals surface area contributed by atoms with Crippen molar-refractivity contribution in [3.63, 3.8) is 0 Å². The van der Waals surface area contributed by atoms with E-state index in [-0.39, 0.29) is 24.8 Å². The van der Waals surface area contributed by atoms with Gasteiger partial charge in [0.15, 0.2) is 0 Å². The van der Waals surface area contributed by atoms with Crippen molar-refractivity contribution in [3.05, 3.63) is 64.7 Å². The summed E-state index contributed by atoms with van der Waals surface area (Å²) in [4.78, 5) is 25.6. The maximum Gasteiger partial charge on any atom is 0.303 e. The van der Waals surface area contributed by atoms with Crippen molar-refractivity contribution in [3.8, 4) is 0 Å². The molecule has 146 valence electrons. The molecule has 0 aromatic heterocycles. The molecule has 1 aliphatic rings. The second-order valence-corrected chi connectivity index (χ2v) is 7.27. The molecule has 3 rings (SSSR count).